The second-order valence-corrected chi connectivity index (χ2v) is 7.01. The Labute approximate surface area is 161 Å². The number of rotatable bonds is 5. The highest BCUT2D eigenvalue weighted by Crippen LogP contribution is 2.15. The molecule has 2 aromatic rings. The lowest BCUT2D eigenvalue weighted by molar-refractivity contribution is -0.133. The lowest BCUT2D eigenvalue weighted by Crippen LogP contribution is -2.50. The van der Waals surface area contributed by atoms with Gasteiger partial charge in [0.05, 0.1) is 13.0 Å². The summed E-state index contributed by atoms with van der Waals surface area (Å²) < 4.78 is 6.46. The summed E-state index contributed by atoms with van der Waals surface area (Å²) in [7, 11) is 0. The molecule has 0 atom stereocenters. The molecule has 2 aromatic carbocycles. The zero-order valence-corrected chi connectivity index (χ0v) is 16.0. The van der Waals surface area contributed by atoms with Crippen molar-refractivity contribution in [2.24, 2.45) is 0 Å². The maximum absolute atomic E-state index is 12.5. The summed E-state index contributed by atoms with van der Waals surface area (Å²) in [6.45, 7) is 2.58. The van der Waals surface area contributed by atoms with Crippen LogP contribution in [0.5, 0.6) is 5.75 Å². The van der Waals surface area contributed by atoms with Gasteiger partial charge in [-0.25, -0.2) is 0 Å². The molecule has 0 radical (unpaired) electrons. The van der Waals surface area contributed by atoms with Crippen LogP contribution in [0.4, 0.5) is 0 Å². The number of carbonyl (C=O) groups is 2. The number of hydrogen-bond acceptors (Lipinski definition) is 3. The molecule has 1 fully saturated rings. The Morgan fingerprint density at radius 2 is 1.62 bits per heavy atom. The number of para-hydroxylation sites is 1. The van der Waals surface area contributed by atoms with Crippen molar-refractivity contribution in [2.45, 2.75) is 6.42 Å². The van der Waals surface area contributed by atoms with Gasteiger partial charge in [-0.2, -0.15) is 0 Å². The van der Waals surface area contributed by atoms with Gasteiger partial charge in [-0.15, -0.1) is 0 Å². The molecule has 0 unspecified atom stereocenters. The Morgan fingerprint density at radius 3 is 2.31 bits per heavy atom. The minimum atomic E-state index is 0.00538. The molecule has 0 bridgehead atoms. The predicted molar refractivity (Wildman–Crippen MR) is 103 cm³/mol. The van der Waals surface area contributed by atoms with Crippen molar-refractivity contribution in [1.82, 2.24) is 9.80 Å². The molecule has 1 aliphatic rings. The number of piperazine rings is 1. The lowest BCUT2D eigenvalue weighted by Gasteiger charge is -2.35. The fraction of sp³-hybridized carbons (Fsp3) is 0.300. The summed E-state index contributed by atoms with van der Waals surface area (Å²) in [5.74, 6) is 0.839. The molecule has 5 nitrogen and oxygen atoms in total. The number of halogens is 1. The zero-order chi connectivity index (χ0) is 18.4. The van der Waals surface area contributed by atoms with Crippen LogP contribution in [-0.2, 0) is 4.79 Å². The van der Waals surface area contributed by atoms with E-state index in [4.69, 9.17) is 4.74 Å². The molecule has 1 saturated heterocycles. The van der Waals surface area contributed by atoms with Gasteiger partial charge in [-0.05, 0) is 30.3 Å². The SMILES string of the molecule is O=C(CCOc1ccccc1)N1CCN(C(=O)c2cccc(Br)c2)CC1. The van der Waals surface area contributed by atoms with Crippen LogP contribution in [0.15, 0.2) is 59.1 Å². The van der Waals surface area contributed by atoms with Crippen molar-refractivity contribution in [3.05, 3.63) is 64.6 Å². The molecular formula is C20H21BrN2O3. The monoisotopic (exact) mass is 416 g/mol. The fourth-order valence-corrected chi connectivity index (χ4v) is 3.29. The summed E-state index contributed by atoms with van der Waals surface area (Å²) in [4.78, 5) is 28.5. The van der Waals surface area contributed by atoms with E-state index in [1.54, 1.807) is 9.80 Å². The zero-order valence-electron chi connectivity index (χ0n) is 14.4. The topological polar surface area (TPSA) is 49.9 Å². The maximum atomic E-state index is 12.5. The molecule has 0 N–H and O–H groups in total. The van der Waals surface area contributed by atoms with E-state index < -0.39 is 0 Å². The average molecular weight is 417 g/mol. The fourth-order valence-electron chi connectivity index (χ4n) is 2.89. The van der Waals surface area contributed by atoms with Crippen molar-refractivity contribution in [3.8, 4) is 5.75 Å². The lowest BCUT2D eigenvalue weighted by atomic mass is 10.2. The molecule has 26 heavy (non-hydrogen) atoms. The Morgan fingerprint density at radius 1 is 0.923 bits per heavy atom. The third kappa shape index (κ3) is 4.85. The first-order chi connectivity index (χ1) is 12.6. The van der Waals surface area contributed by atoms with Crippen LogP contribution in [0.3, 0.4) is 0 Å². The minimum absolute atomic E-state index is 0.00538. The highest BCUT2D eigenvalue weighted by Gasteiger charge is 2.24. The highest BCUT2D eigenvalue weighted by molar-refractivity contribution is 9.10. The first kappa shape index (κ1) is 18.5. The molecule has 0 aromatic heterocycles. The second kappa shape index (κ2) is 8.85. The van der Waals surface area contributed by atoms with E-state index in [1.165, 1.54) is 0 Å². The smallest absolute Gasteiger partial charge is 0.254 e. The van der Waals surface area contributed by atoms with Crippen molar-refractivity contribution in [1.29, 1.82) is 0 Å². The van der Waals surface area contributed by atoms with Crippen LogP contribution in [-0.4, -0.2) is 54.4 Å². The van der Waals surface area contributed by atoms with E-state index in [9.17, 15) is 9.59 Å². The number of nitrogens with zero attached hydrogens (tertiary/aromatic N) is 2. The number of carbonyl (C=O) groups excluding carboxylic acids is 2. The Bertz CT molecular complexity index is 759. The van der Waals surface area contributed by atoms with Crippen molar-refractivity contribution >= 4 is 27.7 Å². The van der Waals surface area contributed by atoms with Crippen LogP contribution in [0.1, 0.15) is 16.8 Å². The van der Waals surface area contributed by atoms with Gasteiger partial charge in [0.1, 0.15) is 5.75 Å². The molecule has 1 aliphatic heterocycles. The van der Waals surface area contributed by atoms with Gasteiger partial charge in [0.2, 0.25) is 5.91 Å². The molecule has 2 amide bonds. The number of hydrogen-bond donors (Lipinski definition) is 0. The highest BCUT2D eigenvalue weighted by atomic mass is 79.9. The molecule has 6 heteroatoms. The quantitative estimate of drug-likeness (QED) is 0.751. The summed E-state index contributed by atoms with van der Waals surface area (Å²) in [5.41, 5.74) is 0.662. The number of ether oxygens (including phenoxy) is 1. The van der Waals surface area contributed by atoms with Crippen molar-refractivity contribution < 1.29 is 14.3 Å². The van der Waals surface area contributed by atoms with E-state index in [0.29, 0.717) is 44.8 Å². The summed E-state index contributed by atoms with van der Waals surface area (Å²) in [6, 6.07) is 16.8. The maximum Gasteiger partial charge on any atom is 0.254 e. The van der Waals surface area contributed by atoms with Crippen LogP contribution in [0, 0.1) is 0 Å². The van der Waals surface area contributed by atoms with E-state index in [0.717, 1.165) is 10.2 Å². The van der Waals surface area contributed by atoms with Gasteiger partial charge in [-0.3, -0.25) is 9.59 Å². The van der Waals surface area contributed by atoms with Gasteiger partial charge in [0.25, 0.3) is 5.91 Å². The van der Waals surface area contributed by atoms with E-state index in [-0.39, 0.29) is 11.8 Å². The summed E-state index contributed by atoms with van der Waals surface area (Å²) in [6.07, 6.45) is 0.342. The Balaban J connectivity index is 1.44. The standard InChI is InChI=1S/C20H21BrN2O3/c21-17-6-4-5-16(15-17)20(25)23-12-10-22(11-13-23)19(24)9-14-26-18-7-2-1-3-8-18/h1-8,15H,9-14H2. The Hall–Kier alpha value is -2.34. The summed E-state index contributed by atoms with van der Waals surface area (Å²) >= 11 is 3.39. The van der Waals surface area contributed by atoms with E-state index >= 15 is 0 Å². The van der Waals surface area contributed by atoms with Crippen LogP contribution in [0.25, 0.3) is 0 Å². The molecular weight excluding hydrogens is 396 g/mol. The number of benzene rings is 2. The number of amides is 2. The first-order valence-electron chi connectivity index (χ1n) is 8.64. The predicted octanol–water partition coefficient (Wildman–Crippen LogP) is 3.20. The molecule has 0 spiro atoms. The van der Waals surface area contributed by atoms with Crippen LogP contribution < -0.4 is 4.74 Å². The van der Waals surface area contributed by atoms with Gasteiger partial charge in [0.15, 0.2) is 0 Å². The molecule has 0 aliphatic carbocycles. The van der Waals surface area contributed by atoms with Crippen LogP contribution >= 0.6 is 15.9 Å². The first-order valence-corrected chi connectivity index (χ1v) is 9.43. The average Bonchev–Trinajstić information content (AvgIpc) is 2.68. The molecule has 0 saturated carbocycles. The largest absolute Gasteiger partial charge is 0.493 e. The molecule has 136 valence electrons. The second-order valence-electron chi connectivity index (χ2n) is 6.09. The van der Waals surface area contributed by atoms with E-state index in [2.05, 4.69) is 15.9 Å². The van der Waals surface area contributed by atoms with Gasteiger partial charge in [-0.1, -0.05) is 40.2 Å². The van der Waals surface area contributed by atoms with E-state index in [1.807, 2.05) is 54.6 Å². The van der Waals surface area contributed by atoms with Crippen molar-refractivity contribution in [3.63, 3.8) is 0 Å². The van der Waals surface area contributed by atoms with Crippen molar-refractivity contribution in [2.75, 3.05) is 32.8 Å². The third-order valence-corrected chi connectivity index (χ3v) is 4.81. The normalized spacial score (nSPS) is 14.2. The van der Waals surface area contributed by atoms with Gasteiger partial charge >= 0.3 is 0 Å². The van der Waals surface area contributed by atoms with Gasteiger partial charge in [0, 0.05) is 36.2 Å². The Kier molecular flexibility index (Phi) is 6.28. The summed E-state index contributed by atoms with van der Waals surface area (Å²) in [5, 5.41) is 0. The third-order valence-electron chi connectivity index (χ3n) is 4.32. The molecule has 1 heterocycles. The van der Waals surface area contributed by atoms with Gasteiger partial charge < -0.3 is 14.5 Å². The minimum Gasteiger partial charge on any atom is -0.493 e. The van der Waals surface area contributed by atoms with Crippen LogP contribution in [0.2, 0.25) is 0 Å². The molecule has 3 rings (SSSR count).